The van der Waals surface area contributed by atoms with Crippen molar-refractivity contribution in [3.63, 3.8) is 0 Å². The van der Waals surface area contributed by atoms with Crippen LogP contribution in [0.5, 0.6) is 5.75 Å². The Morgan fingerprint density at radius 2 is 2.05 bits per heavy atom. The standard InChI is InChI=1S/C15H18N4O2/c1-21-13-7-17-15(18-8-13)19-9-11(14(20)10-19)6-12-4-2-3-5-16-12/h2-5,7-8,11,14,20H,6,9-10H2,1H3/t11-,14-/m1/s1. The Hall–Kier alpha value is -2.21. The van der Waals surface area contributed by atoms with Crippen molar-refractivity contribution in [3.05, 3.63) is 42.5 Å². The van der Waals surface area contributed by atoms with Gasteiger partial charge in [-0.25, -0.2) is 9.97 Å². The van der Waals surface area contributed by atoms with Crippen LogP contribution in [0.3, 0.4) is 0 Å². The summed E-state index contributed by atoms with van der Waals surface area (Å²) in [5.41, 5.74) is 0.999. The first kappa shape index (κ1) is 13.8. The predicted molar refractivity (Wildman–Crippen MR) is 78.2 cm³/mol. The van der Waals surface area contributed by atoms with Crippen LogP contribution in [-0.2, 0) is 6.42 Å². The lowest BCUT2D eigenvalue weighted by atomic mass is 10.00. The molecule has 0 bridgehead atoms. The summed E-state index contributed by atoms with van der Waals surface area (Å²) in [5, 5.41) is 10.2. The molecule has 0 unspecified atom stereocenters. The average Bonchev–Trinajstić information content (AvgIpc) is 2.89. The molecule has 1 aliphatic rings. The minimum atomic E-state index is -0.391. The number of rotatable bonds is 4. The molecule has 2 aromatic rings. The van der Waals surface area contributed by atoms with Gasteiger partial charge in [0.15, 0.2) is 5.75 Å². The minimum absolute atomic E-state index is 0.144. The van der Waals surface area contributed by atoms with Gasteiger partial charge >= 0.3 is 0 Å². The van der Waals surface area contributed by atoms with Crippen LogP contribution in [0, 0.1) is 5.92 Å². The van der Waals surface area contributed by atoms with E-state index in [-0.39, 0.29) is 5.92 Å². The molecule has 2 aromatic heterocycles. The molecule has 0 aromatic carbocycles. The highest BCUT2D eigenvalue weighted by atomic mass is 16.5. The largest absolute Gasteiger partial charge is 0.494 e. The highest BCUT2D eigenvalue weighted by Crippen LogP contribution is 2.24. The van der Waals surface area contributed by atoms with E-state index in [4.69, 9.17) is 4.74 Å². The monoisotopic (exact) mass is 286 g/mol. The lowest BCUT2D eigenvalue weighted by Gasteiger charge is -2.15. The van der Waals surface area contributed by atoms with Gasteiger partial charge in [0.05, 0.1) is 25.6 Å². The number of aromatic nitrogens is 3. The number of methoxy groups -OCH3 is 1. The molecule has 1 aliphatic heterocycles. The van der Waals surface area contributed by atoms with E-state index in [9.17, 15) is 5.11 Å². The van der Waals surface area contributed by atoms with Crippen molar-refractivity contribution in [2.24, 2.45) is 5.92 Å². The van der Waals surface area contributed by atoms with E-state index >= 15 is 0 Å². The summed E-state index contributed by atoms with van der Waals surface area (Å²) >= 11 is 0. The molecule has 0 aliphatic carbocycles. The van der Waals surface area contributed by atoms with Crippen molar-refractivity contribution in [1.29, 1.82) is 0 Å². The lowest BCUT2D eigenvalue weighted by Crippen LogP contribution is -2.23. The Balaban J connectivity index is 1.67. The SMILES string of the molecule is COc1cnc(N2C[C@@H](Cc3ccccn3)[C@H](O)C2)nc1. The predicted octanol–water partition coefficient (Wildman–Crippen LogP) is 0.920. The highest BCUT2D eigenvalue weighted by Gasteiger charge is 2.32. The summed E-state index contributed by atoms with van der Waals surface area (Å²) < 4.78 is 5.05. The van der Waals surface area contributed by atoms with E-state index in [2.05, 4.69) is 15.0 Å². The smallest absolute Gasteiger partial charge is 0.225 e. The van der Waals surface area contributed by atoms with Gasteiger partial charge < -0.3 is 14.7 Å². The zero-order chi connectivity index (χ0) is 14.7. The summed E-state index contributed by atoms with van der Waals surface area (Å²) in [6.45, 7) is 1.27. The number of pyridine rings is 1. The Labute approximate surface area is 123 Å². The van der Waals surface area contributed by atoms with Gasteiger partial charge in [-0.05, 0) is 18.6 Å². The Morgan fingerprint density at radius 1 is 1.24 bits per heavy atom. The van der Waals surface area contributed by atoms with Crippen LogP contribution in [0.2, 0.25) is 0 Å². The molecule has 0 spiro atoms. The second kappa shape index (κ2) is 6.05. The summed E-state index contributed by atoms with van der Waals surface area (Å²) in [5.74, 6) is 1.40. The van der Waals surface area contributed by atoms with Crippen molar-refractivity contribution in [2.75, 3.05) is 25.1 Å². The van der Waals surface area contributed by atoms with Crippen LogP contribution in [0.25, 0.3) is 0 Å². The molecule has 1 saturated heterocycles. The Bertz CT molecular complexity index is 576. The molecule has 0 radical (unpaired) electrons. The molecule has 0 saturated carbocycles. The quantitative estimate of drug-likeness (QED) is 0.901. The molecule has 1 fully saturated rings. The maximum absolute atomic E-state index is 10.2. The fourth-order valence-electron chi connectivity index (χ4n) is 2.58. The number of anilines is 1. The topological polar surface area (TPSA) is 71.4 Å². The maximum atomic E-state index is 10.2. The molecular weight excluding hydrogens is 268 g/mol. The van der Waals surface area contributed by atoms with Gasteiger partial charge in [-0.1, -0.05) is 6.07 Å². The van der Waals surface area contributed by atoms with Crippen LogP contribution in [0.4, 0.5) is 5.95 Å². The molecular formula is C15H18N4O2. The van der Waals surface area contributed by atoms with Crippen molar-refractivity contribution in [2.45, 2.75) is 12.5 Å². The third kappa shape index (κ3) is 3.11. The van der Waals surface area contributed by atoms with E-state index < -0.39 is 6.10 Å². The number of β-amino-alcohol motifs (C(OH)–C–C–N with tert-alkyl or cyclic N) is 1. The molecule has 3 rings (SSSR count). The maximum Gasteiger partial charge on any atom is 0.225 e. The van der Waals surface area contributed by atoms with Crippen LogP contribution in [-0.4, -0.2) is 46.4 Å². The molecule has 1 N–H and O–H groups in total. The molecule has 3 heterocycles. The van der Waals surface area contributed by atoms with Crippen molar-refractivity contribution in [3.8, 4) is 5.75 Å². The van der Waals surface area contributed by atoms with Crippen molar-refractivity contribution in [1.82, 2.24) is 15.0 Å². The zero-order valence-electron chi connectivity index (χ0n) is 11.9. The number of aliphatic hydroxyl groups is 1. The second-order valence-electron chi connectivity index (χ2n) is 5.18. The van der Waals surface area contributed by atoms with Crippen LogP contribution in [0.1, 0.15) is 5.69 Å². The van der Waals surface area contributed by atoms with Crippen LogP contribution in [0.15, 0.2) is 36.8 Å². The molecule has 21 heavy (non-hydrogen) atoms. The first-order valence-corrected chi connectivity index (χ1v) is 6.95. The van der Waals surface area contributed by atoms with Crippen LogP contribution < -0.4 is 9.64 Å². The van der Waals surface area contributed by atoms with Gasteiger partial charge in [0.1, 0.15) is 0 Å². The fraction of sp³-hybridized carbons (Fsp3) is 0.400. The summed E-state index contributed by atoms with van der Waals surface area (Å²) in [4.78, 5) is 14.9. The Morgan fingerprint density at radius 3 is 2.71 bits per heavy atom. The van der Waals surface area contributed by atoms with Gasteiger partial charge in [0, 0.05) is 30.9 Å². The first-order valence-electron chi connectivity index (χ1n) is 6.95. The molecule has 2 atom stereocenters. The minimum Gasteiger partial charge on any atom is -0.494 e. The van der Waals surface area contributed by atoms with E-state index in [1.165, 1.54) is 0 Å². The third-order valence-electron chi connectivity index (χ3n) is 3.74. The molecule has 110 valence electrons. The van der Waals surface area contributed by atoms with Gasteiger partial charge in [0.2, 0.25) is 5.95 Å². The number of hydrogen-bond acceptors (Lipinski definition) is 6. The summed E-state index contributed by atoms with van der Waals surface area (Å²) in [6, 6.07) is 5.85. The van der Waals surface area contributed by atoms with E-state index in [0.717, 1.165) is 18.7 Å². The fourth-order valence-corrected chi connectivity index (χ4v) is 2.58. The lowest BCUT2D eigenvalue weighted by molar-refractivity contribution is 0.148. The summed E-state index contributed by atoms with van der Waals surface area (Å²) in [7, 11) is 1.58. The highest BCUT2D eigenvalue weighted by molar-refractivity contribution is 5.34. The van der Waals surface area contributed by atoms with Gasteiger partial charge in [-0.3, -0.25) is 4.98 Å². The normalized spacial score (nSPS) is 21.5. The zero-order valence-corrected chi connectivity index (χ0v) is 11.9. The van der Waals surface area contributed by atoms with Gasteiger partial charge in [0.25, 0.3) is 0 Å². The van der Waals surface area contributed by atoms with Crippen molar-refractivity contribution < 1.29 is 9.84 Å². The number of aliphatic hydroxyl groups excluding tert-OH is 1. The number of nitrogens with zero attached hydrogens (tertiary/aromatic N) is 4. The first-order chi connectivity index (χ1) is 10.3. The van der Waals surface area contributed by atoms with Crippen molar-refractivity contribution >= 4 is 5.95 Å². The van der Waals surface area contributed by atoms with Gasteiger partial charge in [-0.2, -0.15) is 0 Å². The Kier molecular flexibility index (Phi) is 3.96. The molecule has 6 nitrogen and oxygen atoms in total. The van der Waals surface area contributed by atoms with Gasteiger partial charge in [-0.15, -0.1) is 0 Å². The van der Waals surface area contributed by atoms with Crippen LogP contribution >= 0.6 is 0 Å². The van der Waals surface area contributed by atoms with E-state index in [1.807, 2.05) is 23.1 Å². The summed E-state index contributed by atoms with van der Waals surface area (Å²) in [6.07, 6.45) is 5.43. The number of hydrogen-bond donors (Lipinski definition) is 1. The molecule has 0 amide bonds. The molecule has 6 heteroatoms. The van der Waals surface area contributed by atoms with E-state index in [1.54, 1.807) is 25.7 Å². The third-order valence-corrected chi connectivity index (χ3v) is 3.74. The van der Waals surface area contributed by atoms with E-state index in [0.29, 0.717) is 18.2 Å². The number of ether oxygens (including phenoxy) is 1. The second-order valence-corrected chi connectivity index (χ2v) is 5.18. The average molecular weight is 286 g/mol.